The molecular formula is C28H22BrN3O7S. The fourth-order valence-corrected chi connectivity index (χ4v) is 6.09. The highest BCUT2D eigenvalue weighted by molar-refractivity contribution is 9.10. The number of allylic oxidation sites excluding steroid dienone is 1. The van der Waals surface area contributed by atoms with E-state index >= 15 is 0 Å². The Balaban J connectivity index is 1.65. The minimum absolute atomic E-state index is 0.0876. The fourth-order valence-electron chi connectivity index (χ4n) is 4.51. The van der Waals surface area contributed by atoms with E-state index in [0.29, 0.717) is 47.9 Å². The maximum Gasteiger partial charge on any atom is 0.338 e. The molecule has 12 heteroatoms. The third-order valence-electron chi connectivity index (χ3n) is 6.27. The molecule has 0 unspecified atom stereocenters. The van der Waals surface area contributed by atoms with Crippen molar-refractivity contribution in [2.24, 2.45) is 4.99 Å². The summed E-state index contributed by atoms with van der Waals surface area (Å²) in [6.07, 6.45) is 1.56. The third-order valence-corrected chi connectivity index (χ3v) is 7.88. The van der Waals surface area contributed by atoms with Crippen LogP contribution in [0.2, 0.25) is 0 Å². The molecule has 0 radical (unpaired) electrons. The number of hydrogen-bond donors (Lipinski definition) is 0. The largest absolute Gasteiger partial charge is 0.496 e. The minimum atomic E-state index is -0.793. The number of nitrogens with zero attached hydrogens (tertiary/aromatic N) is 3. The predicted octanol–water partition coefficient (Wildman–Crippen LogP) is 4.74. The third kappa shape index (κ3) is 4.91. The molecule has 4 aromatic rings. The van der Waals surface area contributed by atoms with Crippen LogP contribution in [0.25, 0.3) is 17.4 Å². The first-order chi connectivity index (χ1) is 19.2. The van der Waals surface area contributed by atoms with Crippen molar-refractivity contribution in [3.05, 3.63) is 111 Å². The Labute approximate surface area is 239 Å². The molecular weight excluding hydrogens is 602 g/mol. The predicted molar refractivity (Wildman–Crippen MR) is 152 cm³/mol. The lowest BCUT2D eigenvalue weighted by atomic mass is 9.96. The van der Waals surface area contributed by atoms with E-state index in [1.165, 1.54) is 10.6 Å². The zero-order chi connectivity index (χ0) is 28.6. The van der Waals surface area contributed by atoms with E-state index in [0.717, 1.165) is 11.3 Å². The fraction of sp³-hybridized carbons (Fsp3) is 0.179. The average molecular weight is 624 g/mol. The number of benzene rings is 2. The molecule has 0 amide bonds. The first-order valence-corrected chi connectivity index (χ1v) is 13.7. The number of aromatic nitrogens is 1. The Kier molecular flexibility index (Phi) is 7.55. The van der Waals surface area contributed by atoms with Crippen LogP contribution < -0.4 is 19.6 Å². The van der Waals surface area contributed by atoms with Crippen LogP contribution in [0.15, 0.2) is 84.5 Å². The molecule has 0 spiro atoms. The van der Waals surface area contributed by atoms with Crippen LogP contribution in [0.5, 0.6) is 5.75 Å². The lowest BCUT2D eigenvalue weighted by molar-refractivity contribution is -0.384. The number of rotatable bonds is 7. The van der Waals surface area contributed by atoms with Crippen molar-refractivity contribution >= 4 is 45.0 Å². The first-order valence-electron chi connectivity index (χ1n) is 12.1. The number of carbonyl (C=O) groups is 1. The molecule has 0 fully saturated rings. The Morgan fingerprint density at radius 2 is 2.02 bits per heavy atom. The Morgan fingerprint density at radius 3 is 2.73 bits per heavy atom. The number of thiazole rings is 1. The molecule has 40 heavy (non-hydrogen) atoms. The number of nitro benzene ring substituents is 1. The topological polar surface area (TPSA) is 126 Å². The summed E-state index contributed by atoms with van der Waals surface area (Å²) in [6, 6.07) is 14.1. The average Bonchev–Trinajstić information content (AvgIpc) is 3.52. The normalized spacial score (nSPS) is 15.0. The lowest BCUT2D eigenvalue weighted by Crippen LogP contribution is -2.39. The molecule has 1 atom stereocenters. The van der Waals surface area contributed by atoms with Gasteiger partial charge in [0, 0.05) is 12.1 Å². The molecule has 5 rings (SSSR count). The summed E-state index contributed by atoms with van der Waals surface area (Å²) in [7, 11) is 1.55. The molecule has 204 valence electrons. The highest BCUT2D eigenvalue weighted by Crippen LogP contribution is 2.35. The summed E-state index contributed by atoms with van der Waals surface area (Å²) in [6.45, 7) is 3.59. The number of nitro groups is 1. The van der Waals surface area contributed by atoms with Gasteiger partial charge in [-0.05, 0) is 65.7 Å². The SMILES string of the molecule is CCOC(=O)C1=C(C)N=c2s/c(=C/c3ccc(-c4ccccc4[N+](=O)[O-])o3)c(=O)n2[C@@H]1c1ccc(OC)c(Br)c1. The van der Waals surface area contributed by atoms with Crippen LogP contribution in [0.4, 0.5) is 5.69 Å². The molecule has 0 aliphatic carbocycles. The van der Waals surface area contributed by atoms with Gasteiger partial charge in [-0.3, -0.25) is 19.5 Å². The number of ether oxygens (including phenoxy) is 2. The van der Waals surface area contributed by atoms with E-state index in [1.807, 2.05) is 0 Å². The molecule has 3 heterocycles. The van der Waals surface area contributed by atoms with Gasteiger partial charge < -0.3 is 13.9 Å². The maximum absolute atomic E-state index is 13.8. The van der Waals surface area contributed by atoms with Gasteiger partial charge in [0.25, 0.3) is 11.2 Å². The van der Waals surface area contributed by atoms with Crippen LogP contribution in [-0.2, 0) is 9.53 Å². The lowest BCUT2D eigenvalue weighted by Gasteiger charge is -2.25. The van der Waals surface area contributed by atoms with Gasteiger partial charge in [-0.15, -0.1) is 0 Å². The van der Waals surface area contributed by atoms with Gasteiger partial charge in [-0.25, -0.2) is 9.79 Å². The quantitative estimate of drug-likeness (QED) is 0.165. The molecule has 0 saturated carbocycles. The monoisotopic (exact) mass is 623 g/mol. The first kappa shape index (κ1) is 27.3. The summed E-state index contributed by atoms with van der Waals surface area (Å²) in [5.74, 6) is 0.674. The maximum atomic E-state index is 13.8. The Bertz CT molecular complexity index is 1870. The second kappa shape index (κ2) is 11.1. The molecule has 10 nitrogen and oxygen atoms in total. The minimum Gasteiger partial charge on any atom is -0.496 e. The summed E-state index contributed by atoms with van der Waals surface area (Å²) in [5, 5.41) is 11.5. The summed E-state index contributed by atoms with van der Waals surface area (Å²) < 4.78 is 19.0. The number of halogens is 1. The van der Waals surface area contributed by atoms with E-state index < -0.39 is 16.9 Å². The van der Waals surface area contributed by atoms with Crippen LogP contribution in [0.3, 0.4) is 0 Å². The number of para-hydroxylation sites is 1. The van der Waals surface area contributed by atoms with E-state index in [9.17, 15) is 19.7 Å². The Hall–Kier alpha value is -4.29. The van der Waals surface area contributed by atoms with Crippen LogP contribution in [-0.4, -0.2) is 29.2 Å². The van der Waals surface area contributed by atoms with Crippen LogP contribution in [0.1, 0.15) is 31.2 Å². The second-order valence-corrected chi connectivity index (χ2v) is 10.5. The highest BCUT2D eigenvalue weighted by atomic mass is 79.9. The van der Waals surface area contributed by atoms with Crippen molar-refractivity contribution in [2.45, 2.75) is 19.9 Å². The molecule has 2 aromatic carbocycles. The number of furan rings is 1. The number of hydrogen-bond acceptors (Lipinski definition) is 9. The van der Waals surface area contributed by atoms with Gasteiger partial charge in [0.05, 0.1) is 50.5 Å². The van der Waals surface area contributed by atoms with Gasteiger partial charge in [-0.1, -0.05) is 29.5 Å². The van der Waals surface area contributed by atoms with Gasteiger partial charge in [0.1, 0.15) is 17.3 Å². The van der Waals surface area contributed by atoms with Crippen molar-refractivity contribution in [3.8, 4) is 17.1 Å². The molecule has 0 N–H and O–H groups in total. The molecule has 1 aliphatic heterocycles. The van der Waals surface area contributed by atoms with Gasteiger partial charge in [0.2, 0.25) is 0 Å². The smallest absolute Gasteiger partial charge is 0.338 e. The molecule has 0 saturated heterocycles. The van der Waals surface area contributed by atoms with Crippen molar-refractivity contribution in [2.75, 3.05) is 13.7 Å². The number of esters is 1. The highest BCUT2D eigenvalue weighted by Gasteiger charge is 2.33. The Morgan fingerprint density at radius 1 is 1.25 bits per heavy atom. The zero-order valence-electron chi connectivity index (χ0n) is 21.5. The van der Waals surface area contributed by atoms with Gasteiger partial charge >= 0.3 is 5.97 Å². The van der Waals surface area contributed by atoms with Crippen LogP contribution in [0, 0.1) is 10.1 Å². The van der Waals surface area contributed by atoms with Crippen molar-refractivity contribution < 1.29 is 23.6 Å². The number of carbonyl (C=O) groups excluding carboxylic acids is 1. The van der Waals surface area contributed by atoms with Gasteiger partial charge in [-0.2, -0.15) is 0 Å². The summed E-state index contributed by atoms with van der Waals surface area (Å²) >= 11 is 4.64. The number of fused-ring (bicyclic) bond motifs is 1. The zero-order valence-corrected chi connectivity index (χ0v) is 23.9. The van der Waals surface area contributed by atoms with Crippen molar-refractivity contribution in [1.82, 2.24) is 4.57 Å². The summed E-state index contributed by atoms with van der Waals surface area (Å²) in [4.78, 5) is 42.8. The van der Waals surface area contributed by atoms with E-state index in [1.54, 1.807) is 75.6 Å². The molecule has 0 bridgehead atoms. The molecule has 2 aromatic heterocycles. The number of methoxy groups -OCH3 is 1. The van der Waals surface area contributed by atoms with E-state index in [-0.39, 0.29) is 23.4 Å². The van der Waals surface area contributed by atoms with Crippen molar-refractivity contribution in [1.29, 1.82) is 0 Å². The van der Waals surface area contributed by atoms with Gasteiger partial charge in [0.15, 0.2) is 4.80 Å². The van der Waals surface area contributed by atoms with Crippen molar-refractivity contribution in [3.63, 3.8) is 0 Å². The molecule has 1 aliphatic rings. The van der Waals surface area contributed by atoms with Crippen LogP contribution >= 0.6 is 27.3 Å². The second-order valence-electron chi connectivity index (χ2n) is 8.67. The standard InChI is InChI=1S/C28H22BrN3O7S/c1-4-38-27(34)24-15(2)30-28-31(25(24)16-9-11-22(37-3)19(29)13-16)26(33)23(40-28)14-17-10-12-21(39-17)18-7-5-6-8-20(18)32(35)36/h5-14,25H,4H2,1-3H3/b23-14+/t25-/m1/s1. The van der Waals surface area contributed by atoms with E-state index in [4.69, 9.17) is 13.9 Å². The summed E-state index contributed by atoms with van der Waals surface area (Å²) in [5.41, 5.74) is 1.23. The van der Waals surface area contributed by atoms with E-state index in [2.05, 4.69) is 20.9 Å².